The third kappa shape index (κ3) is 3.52. The van der Waals surface area contributed by atoms with Gasteiger partial charge in [0, 0.05) is 12.7 Å². The molecule has 1 aromatic carbocycles. The number of fused-ring (bicyclic) bond motifs is 1. The number of benzene rings is 1. The lowest BCUT2D eigenvalue weighted by Gasteiger charge is -2.26. The fraction of sp³-hybridized carbons (Fsp3) is 0.467. The van der Waals surface area contributed by atoms with Crippen LogP contribution in [0.1, 0.15) is 20.3 Å². The van der Waals surface area contributed by atoms with Crippen molar-refractivity contribution in [1.82, 2.24) is 0 Å². The Morgan fingerprint density at radius 2 is 2.19 bits per heavy atom. The highest BCUT2D eigenvalue weighted by Gasteiger charge is 2.23. The van der Waals surface area contributed by atoms with Crippen molar-refractivity contribution in [3.63, 3.8) is 0 Å². The summed E-state index contributed by atoms with van der Waals surface area (Å²) in [5, 5.41) is 2.78. The number of likely N-dealkylation sites (N-methyl/N-ethyl adjacent to an activating group) is 1. The Labute approximate surface area is 124 Å². The standard InChI is InChI=1S/C15H21N3O3/c1-9(2)6-11(16)15(20)17-10-4-5-13-12(7-10)18(3)14(19)8-21-13/h4-5,7,9,11H,6,8,16H2,1-3H3,(H,17,20)/t11-/m0/s1. The van der Waals surface area contributed by atoms with Crippen LogP contribution >= 0.6 is 0 Å². The zero-order chi connectivity index (χ0) is 15.6. The molecule has 3 N–H and O–H groups in total. The van der Waals surface area contributed by atoms with E-state index >= 15 is 0 Å². The minimum atomic E-state index is -0.545. The van der Waals surface area contributed by atoms with Gasteiger partial charge in [-0.1, -0.05) is 13.8 Å². The van der Waals surface area contributed by atoms with Crippen LogP contribution in [0.15, 0.2) is 18.2 Å². The minimum absolute atomic E-state index is 0.0362. The third-order valence-electron chi connectivity index (χ3n) is 3.38. The Bertz CT molecular complexity index is 557. The predicted octanol–water partition coefficient (Wildman–Crippen LogP) is 1.35. The monoisotopic (exact) mass is 291 g/mol. The van der Waals surface area contributed by atoms with Crippen molar-refractivity contribution in [2.45, 2.75) is 26.3 Å². The van der Waals surface area contributed by atoms with Gasteiger partial charge < -0.3 is 20.7 Å². The second-order valence-electron chi connectivity index (χ2n) is 5.65. The first-order valence-electron chi connectivity index (χ1n) is 6.98. The number of carbonyl (C=O) groups is 2. The summed E-state index contributed by atoms with van der Waals surface area (Å²) in [6.45, 7) is 4.07. The van der Waals surface area contributed by atoms with Gasteiger partial charge in [-0.15, -0.1) is 0 Å². The van der Waals surface area contributed by atoms with Gasteiger partial charge in [-0.2, -0.15) is 0 Å². The molecule has 6 heteroatoms. The zero-order valence-electron chi connectivity index (χ0n) is 12.6. The largest absolute Gasteiger partial charge is 0.482 e. The molecule has 1 heterocycles. The van der Waals surface area contributed by atoms with E-state index in [9.17, 15) is 9.59 Å². The summed E-state index contributed by atoms with van der Waals surface area (Å²) in [7, 11) is 1.68. The highest BCUT2D eigenvalue weighted by Crippen LogP contribution is 2.33. The number of carbonyl (C=O) groups excluding carboxylic acids is 2. The van der Waals surface area contributed by atoms with Crippen molar-refractivity contribution in [3.8, 4) is 5.75 Å². The van der Waals surface area contributed by atoms with Gasteiger partial charge in [-0.05, 0) is 30.5 Å². The Kier molecular flexibility index (Phi) is 4.47. The van der Waals surface area contributed by atoms with E-state index in [4.69, 9.17) is 10.5 Å². The summed E-state index contributed by atoms with van der Waals surface area (Å²) in [5.41, 5.74) is 7.09. The molecule has 1 atom stereocenters. The second kappa shape index (κ2) is 6.13. The van der Waals surface area contributed by atoms with Gasteiger partial charge >= 0.3 is 0 Å². The molecule has 0 unspecified atom stereocenters. The lowest BCUT2D eigenvalue weighted by Crippen LogP contribution is -2.37. The summed E-state index contributed by atoms with van der Waals surface area (Å²) in [6.07, 6.45) is 0.623. The van der Waals surface area contributed by atoms with Crippen LogP contribution in [-0.4, -0.2) is 31.5 Å². The average Bonchev–Trinajstić information content (AvgIpc) is 2.42. The molecule has 0 aliphatic carbocycles. The first-order valence-corrected chi connectivity index (χ1v) is 6.98. The van der Waals surface area contributed by atoms with E-state index in [2.05, 4.69) is 5.32 Å². The Morgan fingerprint density at radius 3 is 2.86 bits per heavy atom. The van der Waals surface area contributed by atoms with Crippen LogP contribution in [0.5, 0.6) is 5.75 Å². The molecule has 2 amide bonds. The van der Waals surface area contributed by atoms with Crippen molar-refractivity contribution in [2.75, 3.05) is 23.9 Å². The maximum absolute atomic E-state index is 12.0. The molecule has 2 rings (SSSR count). The molecule has 1 aliphatic rings. The quantitative estimate of drug-likeness (QED) is 0.877. The average molecular weight is 291 g/mol. The summed E-state index contributed by atoms with van der Waals surface area (Å²) in [5.74, 6) is 0.629. The number of hydrogen-bond donors (Lipinski definition) is 2. The molecule has 0 fully saturated rings. The van der Waals surface area contributed by atoms with E-state index in [0.717, 1.165) is 0 Å². The van der Waals surface area contributed by atoms with E-state index in [-0.39, 0.29) is 18.4 Å². The zero-order valence-corrected chi connectivity index (χ0v) is 12.6. The molecule has 21 heavy (non-hydrogen) atoms. The summed E-state index contributed by atoms with van der Waals surface area (Å²) in [4.78, 5) is 25.1. The Morgan fingerprint density at radius 1 is 1.48 bits per heavy atom. The number of anilines is 2. The highest BCUT2D eigenvalue weighted by molar-refractivity contribution is 5.99. The van der Waals surface area contributed by atoms with Crippen LogP contribution in [0.4, 0.5) is 11.4 Å². The first kappa shape index (κ1) is 15.3. The normalized spacial score (nSPS) is 15.5. The van der Waals surface area contributed by atoms with E-state index < -0.39 is 6.04 Å². The molecule has 1 aliphatic heterocycles. The lowest BCUT2D eigenvalue weighted by atomic mass is 10.0. The molecular formula is C15H21N3O3. The molecular weight excluding hydrogens is 270 g/mol. The fourth-order valence-electron chi connectivity index (χ4n) is 2.20. The van der Waals surface area contributed by atoms with E-state index in [1.165, 1.54) is 4.90 Å². The van der Waals surface area contributed by atoms with Crippen molar-refractivity contribution in [3.05, 3.63) is 18.2 Å². The van der Waals surface area contributed by atoms with E-state index in [1.54, 1.807) is 25.2 Å². The number of nitrogens with two attached hydrogens (primary N) is 1. The smallest absolute Gasteiger partial charge is 0.264 e. The number of ether oxygens (including phenoxy) is 1. The van der Waals surface area contributed by atoms with Crippen LogP contribution < -0.4 is 20.7 Å². The highest BCUT2D eigenvalue weighted by atomic mass is 16.5. The maximum atomic E-state index is 12.0. The number of rotatable bonds is 4. The summed E-state index contributed by atoms with van der Waals surface area (Å²) >= 11 is 0. The van der Waals surface area contributed by atoms with Crippen LogP contribution in [0.25, 0.3) is 0 Å². The lowest BCUT2D eigenvalue weighted by molar-refractivity contribution is -0.121. The predicted molar refractivity (Wildman–Crippen MR) is 81.4 cm³/mol. The number of amides is 2. The van der Waals surface area contributed by atoms with Crippen LogP contribution in [0.2, 0.25) is 0 Å². The van der Waals surface area contributed by atoms with Crippen LogP contribution in [-0.2, 0) is 9.59 Å². The minimum Gasteiger partial charge on any atom is -0.482 e. The fourth-order valence-corrected chi connectivity index (χ4v) is 2.20. The third-order valence-corrected chi connectivity index (χ3v) is 3.38. The summed E-state index contributed by atoms with van der Waals surface area (Å²) < 4.78 is 5.34. The molecule has 0 radical (unpaired) electrons. The van der Waals surface area contributed by atoms with Crippen molar-refractivity contribution < 1.29 is 14.3 Å². The molecule has 0 saturated carbocycles. The molecule has 114 valence electrons. The SMILES string of the molecule is CC(C)C[C@H](N)C(=O)Nc1ccc2c(c1)N(C)C(=O)CO2. The molecule has 1 aromatic rings. The van der Waals surface area contributed by atoms with Gasteiger partial charge in [-0.25, -0.2) is 0 Å². The molecule has 0 aromatic heterocycles. The summed E-state index contributed by atoms with van der Waals surface area (Å²) in [6, 6.07) is 4.65. The van der Waals surface area contributed by atoms with Gasteiger partial charge in [0.25, 0.3) is 5.91 Å². The van der Waals surface area contributed by atoms with Crippen molar-refractivity contribution in [2.24, 2.45) is 11.7 Å². The van der Waals surface area contributed by atoms with E-state index in [0.29, 0.717) is 29.5 Å². The number of hydrogen-bond acceptors (Lipinski definition) is 4. The van der Waals surface area contributed by atoms with E-state index in [1.807, 2.05) is 13.8 Å². The van der Waals surface area contributed by atoms with Crippen molar-refractivity contribution >= 4 is 23.2 Å². The molecule has 0 spiro atoms. The van der Waals surface area contributed by atoms with Gasteiger partial charge in [0.1, 0.15) is 5.75 Å². The molecule has 0 bridgehead atoms. The van der Waals surface area contributed by atoms with Crippen LogP contribution in [0, 0.1) is 5.92 Å². The second-order valence-corrected chi connectivity index (χ2v) is 5.65. The van der Waals surface area contributed by atoms with Gasteiger partial charge in [0.05, 0.1) is 11.7 Å². The van der Waals surface area contributed by atoms with Crippen molar-refractivity contribution in [1.29, 1.82) is 0 Å². The maximum Gasteiger partial charge on any atom is 0.264 e. The Balaban J connectivity index is 2.12. The number of nitrogens with one attached hydrogen (secondary N) is 1. The molecule has 0 saturated heterocycles. The van der Waals surface area contributed by atoms with Crippen LogP contribution in [0.3, 0.4) is 0 Å². The van der Waals surface area contributed by atoms with Gasteiger partial charge in [-0.3, -0.25) is 9.59 Å². The van der Waals surface area contributed by atoms with Gasteiger partial charge in [0.2, 0.25) is 5.91 Å². The number of nitrogens with zero attached hydrogens (tertiary/aromatic N) is 1. The first-order chi connectivity index (χ1) is 9.88. The topological polar surface area (TPSA) is 84.7 Å². The Hall–Kier alpha value is -2.08. The molecule has 6 nitrogen and oxygen atoms in total. The van der Waals surface area contributed by atoms with Gasteiger partial charge in [0.15, 0.2) is 6.61 Å².